The van der Waals surface area contributed by atoms with E-state index in [4.69, 9.17) is 0 Å². The fourth-order valence-corrected chi connectivity index (χ4v) is 2.60. The molecule has 116 valence electrons. The number of aromatic amines is 1. The number of aromatic nitrogens is 3. The third-order valence-corrected chi connectivity index (χ3v) is 3.83. The minimum atomic E-state index is -0.279. The van der Waals surface area contributed by atoms with Crippen molar-refractivity contribution in [3.8, 4) is 0 Å². The predicted molar refractivity (Wildman–Crippen MR) is 81.9 cm³/mol. The van der Waals surface area contributed by atoms with Crippen molar-refractivity contribution in [2.75, 3.05) is 25.1 Å². The molecule has 7 heteroatoms. The fourth-order valence-electron chi connectivity index (χ4n) is 2.60. The van der Waals surface area contributed by atoms with Crippen LogP contribution in [-0.4, -0.2) is 41.1 Å². The van der Waals surface area contributed by atoms with Crippen LogP contribution in [0.4, 0.5) is 5.95 Å². The van der Waals surface area contributed by atoms with E-state index in [0.29, 0.717) is 23.4 Å². The molecule has 0 amide bonds. The SMILES string of the molecule is COC(=O)CCc1ccc2c(=O)[nH]c(N3CCCC3)nc2n1. The maximum Gasteiger partial charge on any atom is 0.305 e. The van der Waals surface area contributed by atoms with E-state index in [2.05, 4.69) is 24.6 Å². The molecule has 0 aromatic carbocycles. The first-order valence-corrected chi connectivity index (χ1v) is 7.39. The summed E-state index contributed by atoms with van der Waals surface area (Å²) in [6, 6.07) is 3.45. The molecule has 1 fully saturated rings. The van der Waals surface area contributed by atoms with E-state index >= 15 is 0 Å². The summed E-state index contributed by atoms with van der Waals surface area (Å²) in [5.41, 5.74) is 0.968. The van der Waals surface area contributed by atoms with E-state index < -0.39 is 0 Å². The van der Waals surface area contributed by atoms with Crippen LogP contribution in [0.1, 0.15) is 25.0 Å². The Hall–Kier alpha value is -2.44. The predicted octanol–water partition coefficient (Wildman–Crippen LogP) is 1.02. The molecule has 2 aromatic rings. The van der Waals surface area contributed by atoms with Crippen LogP contribution in [-0.2, 0) is 16.0 Å². The van der Waals surface area contributed by atoms with E-state index in [0.717, 1.165) is 31.6 Å². The van der Waals surface area contributed by atoms with Gasteiger partial charge >= 0.3 is 5.97 Å². The zero-order valence-corrected chi connectivity index (χ0v) is 12.5. The number of esters is 1. The Morgan fingerprint density at radius 3 is 2.82 bits per heavy atom. The molecule has 0 spiro atoms. The first-order valence-electron chi connectivity index (χ1n) is 7.39. The maximum atomic E-state index is 12.1. The highest BCUT2D eigenvalue weighted by molar-refractivity contribution is 5.75. The highest BCUT2D eigenvalue weighted by Crippen LogP contribution is 2.16. The van der Waals surface area contributed by atoms with Crippen molar-refractivity contribution in [3.05, 3.63) is 28.2 Å². The number of methoxy groups -OCH3 is 1. The second kappa shape index (κ2) is 6.13. The number of ether oxygens (including phenoxy) is 1. The lowest BCUT2D eigenvalue weighted by Gasteiger charge is -2.15. The number of hydrogen-bond donors (Lipinski definition) is 1. The number of aryl methyl sites for hydroxylation is 1. The molecule has 1 aliphatic heterocycles. The molecule has 7 nitrogen and oxygen atoms in total. The van der Waals surface area contributed by atoms with Gasteiger partial charge in [0.2, 0.25) is 5.95 Å². The average Bonchev–Trinajstić information content (AvgIpc) is 3.06. The average molecular weight is 302 g/mol. The van der Waals surface area contributed by atoms with E-state index in [-0.39, 0.29) is 17.9 Å². The molecule has 22 heavy (non-hydrogen) atoms. The van der Waals surface area contributed by atoms with Crippen LogP contribution in [0.25, 0.3) is 11.0 Å². The zero-order valence-electron chi connectivity index (χ0n) is 12.5. The number of hydrogen-bond acceptors (Lipinski definition) is 6. The number of H-pyrrole nitrogens is 1. The molecule has 0 radical (unpaired) electrons. The molecule has 0 unspecified atom stereocenters. The van der Waals surface area contributed by atoms with Gasteiger partial charge in [-0.1, -0.05) is 0 Å². The summed E-state index contributed by atoms with van der Waals surface area (Å²) >= 11 is 0. The Kier molecular flexibility index (Phi) is 4.04. The van der Waals surface area contributed by atoms with Gasteiger partial charge < -0.3 is 9.64 Å². The monoisotopic (exact) mass is 302 g/mol. The van der Waals surface area contributed by atoms with Crippen LogP contribution in [0.5, 0.6) is 0 Å². The Labute approximate surface area is 127 Å². The first kappa shape index (κ1) is 14.5. The van der Waals surface area contributed by atoms with Gasteiger partial charge in [-0.15, -0.1) is 0 Å². The van der Waals surface area contributed by atoms with Gasteiger partial charge in [-0.3, -0.25) is 14.6 Å². The molecule has 0 aliphatic carbocycles. The van der Waals surface area contributed by atoms with Crippen molar-refractivity contribution in [1.82, 2.24) is 15.0 Å². The van der Waals surface area contributed by atoms with E-state index in [9.17, 15) is 9.59 Å². The van der Waals surface area contributed by atoms with Gasteiger partial charge in [-0.05, 0) is 25.0 Å². The quantitative estimate of drug-likeness (QED) is 0.848. The summed E-state index contributed by atoms with van der Waals surface area (Å²) in [4.78, 5) is 37.1. The standard InChI is InChI=1S/C15H18N4O3/c1-22-12(20)7-5-10-4-6-11-13(16-10)17-15(18-14(11)21)19-8-2-3-9-19/h4,6H,2-3,5,7-9H2,1H3,(H,16,17,18,21). The van der Waals surface area contributed by atoms with Crippen molar-refractivity contribution in [3.63, 3.8) is 0 Å². The molecule has 3 rings (SSSR count). The number of carbonyl (C=O) groups excluding carboxylic acids is 1. The van der Waals surface area contributed by atoms with Crippen LogP contribution in [0.2, 0.25) is 0 Å². The van der Waals surface area contributed by atoms with Gasteiger partial charge in [0.05, 0.1) is 18.9 Å². The number of pyridine rings is 1. The van der Waals surface area contributed by atoms with Gasteiger partial charge in [0.15, 0.2) is 5.65 Å². The topological polar surface area (TPSA) is 88.2 Å². The van der Waals surface area contributed by atoms with Gasteiger partial charge in [-0.25, -0.2) is 4.98 Å². The number of anilines is 1. The number of rotatable bonds is 4. The second-order valence-corrected chi connectivity index (χ2v) is 5.33. The maximum absolute atomic E-state index is 12.1. The second-order valence-electron chi connectivity index (χ2n) is 5.33. The number of carbonyl (C=O) groups is 1. The lowest BCUT2D eigenvalue weighted by atomic mass is 10.2. The van der Waals surface area contributed by atoms with Crippen LogP contribution in [0.15, 0.2) is 16.9 Å². The molecule has 0 atom stereocenters. The molecule has 3 heterocycles. The van der Waals surface area contributed by atoms with Crippen molar-refractivity contribution < 1.29 is 9.53 Å². The number of nitrogens with one attached hydrogen (secondary N) is 1. The van der Waals surface area contributed by atoms with Crippen LogP contribution < -0.4 is 10.5 Å². The summed E-state index contributed by atoms with van der Waals surface area (Å²) in [6.07, 6.45) is 2.94. The van der Waals surface area contributed by atoms with Crippen LogP contribution in [0, 0.1) is 0 Å². The molecule has 1 N–H and O–H groups in total. The summed E-state index contributed by atoms with van der Waals surface area (Å²) in [6.45, 7) is 1.80. The first-order chi connectivity index (χ1) is 10.7. The van der Waals surface area contributed by atoms with Gasteiger partial charge in [0.1, 0.15) is 0 Å². The van der Waals surface area contributed by atoms with Gasteiger partial charge in [0.25, 0.3) is 5.56 Å². The summed E-state index contributed by atoms with van der Waals surface area (Å²) in [5.74, 6) is 0.297. The lowest BCUT2D eigenvalue weighted by molar-refractivity contribution is -0.140. The number of fused-ring (bicyclic) bond motifs is 1. The Morgan fingerprint density at radius 1 is 1.32 bits per heavy atom. The van der Waals surface area contributed by atoms with Gasteiger partial charge in [-0.2, -0.15) is 4.98 Å². The third-order valence-electron chi connectivity index (χ3n) is 3.83. The Balaban J connectivity index is 1.91. The van der Waals surface area contributed by atoms with E-state index in [1.54, 1.807) is 12.1 Å². The Morgan fingerprint density at radius 2 is 2.09 bits per heavy atom. The van der Waals surface area contributed by atoms with E-state index in [1.807, 2.05) is 0 Å². The summed E-state index contributed by atoms with van der Waals surface area (Å²) < 4.78 is 4.62. The molecule has 1 saturated heterocycles. The molecule has 1 aliphatic rings. The summed E-state index contributed by atoms with van der Waals surface area (Å²) in [7, 11) is 1.36. The lowest BCUT2D eigenvalue weighted by Crippen LogP contribution is -2.24. The van der Waals surface area contributed by atoms with Crippen LogP contribution >= 0.6 is 0 Å². The van der Waals surface area contributed by atoms with Crippen molar-refractivity contribution >= 4 is 23.0 Å². The molecular formula is C15H18N4O3. The van der Waals surface area contributed by atoms with Crippen molar-refractivity contribution in [1.29, 1.82) is 0 Å². The largest absolute Gasteiger partial charge is 0.469 e. The van der Waals surface area contributed by atoms with E-state index in [1.165, 1.54) is 7.11 Å². The van der Waals surface area contributed by atoms with Crippen LogP contribution in [0.3, 0.4) is 0 Å². The normalized spacial score (nSPS) is 14.5. The minimum Gasteiger partial charge on any atom is -0.469 e. The van der Waals surface area contributed by atoms with Gasteiger partial charge in [0, 0.05) is 25.2 Å². The van der Waals surface area contributed by atoms with Crippen molar-refractivity contribution in [2.24, 2.45) is 0 Å². The molecule has 0 saturated carbocycles. The smallest absolute Gasteiger partial charge is 0.305 e. The zero-order chi connectivity index (χ0) is 15.5. The summed E-state index contributed by atoms with van der Waals surface area (Å²) in [5, 5.41) is 0.463. The number of nitrogens with zero attached hydrogens (tertiary/aromatic N) is 3. The third kappa shape index (κ3) is 2.93. The molecule has 2 aromatic heterocycles. The highest BCUT2D eigenvalue weighted by Gasteiger charge is 2.16. The molecule has 0 bridgehead atoms. The Bertz CT molecular complexity index is 750. The minimum absolute atomic E-state index is 0.182. The molecular weight excluding hydrogens is 284 g/mol. The highest BCUT2D eigenvalue weighted by atomic mass is 16.5. The van der Waals surface area contributed by atoms with Crippen molar-refractivity contribution in [2.45, 2.75) is 25.7 Å². The fraction of sp³-hybridized carbons (Fsp3) is 0.467.